The monoisotopic (exact) mass is 184 g/mol. The maximum Gasteiger partial charge on any atom is 0.125 e. The summed E-state index contributed by atoms with van der Waals surface area (Å²) in [6.45, 7) is 2.87. The largest absolute Gasteiger partial charge is 0.377 e. The van der Waals surface area contributed by atoms with Gasteiger partial charge in [-0.2, -0.15) is 0 Å². The number of hydrogen-bond donors (Lipinski definition) is 0. The van der Waals surface area contributed by atoms with E-state index in [9.17, 15) is 4.79 Å². The molecule has 0 aromatic heterocycles. The standard InChI is InChI=1S/C11H20O2/c1-2-3-4-5-11-7-6-10(8-12)9-13-11/h8,10-11H,2-7,9H2,1H3. The van der Waals surface area contributed by atoms with Crippen LogP contribution in [0.15, 0.2) is 0 Å². The molecular formula is C11H20O2. The van der Waals surface area contributed by atoms with Gasteiger partial charge in [-0.15, -0.1) is 0 Å². The highest BCUT2D eigenvalue weighted by molar-refractivity contribution is 5.53. The molecule has 1 aliphatic heterocycles. The van der Waals surface area contributed by atoms with Gasteiger partial charge < -0.3 is 9.53 Å². The van der Waals surface area contributed by atoms with Gasteiger partial charge in [0.15, 0.2) is 0 Å². The Balaban J connectivity index is 2.07. The Morgan fingerprint density at radius 3 is 2.77 bits per heavy atom. The van der Waals surface area contributed by atoms with E-state index in [-0.39, 0.29) is 5.92 Å². The molecule has 2 atom stereocenters. The highest BCUT2D eigenvalue weighted by Crippen LogP contribution is 2.21. The van der Waals surface area contributed by atoms with Crippen LogP contribution in [0.25, 0.3) is 0 Å². The molecule has 1 aliphatic rings. The topological polar surface area (TPSA) is 26.3 Å². The molecule has 0 N–H and O–H groups in total. The first-order valence-electron chi connectivity index (χ1n) is 5.43. The average Bonchev–Trinajstić information content (AvgIpc) is 2.19. The summed E-state index contributed by atoms with van der Waals surface area (Å²) in [4.78, 5) is 10.4. The number of rotatable bonds is 5. The van der Waals surface area contributed by atoms with Gasteiger partial charge in [0.1, 0.15) is 6.29 Å². The van der Waals surface area contributed by atoms with Crippen LogP contribution in [0.3, 0.4) is 0 Å². The number of unbranched alkanes of at least 4 members (excludes halogenated alkanes) is 2. The summed E-state index contributed by atoms with van der Waals surface area (Å²) < 4.78 is 5.60. The maximum atomic E-state index is 10.4. The van der Waals surface area contributed by atoms with Crippen molar-refractivity contribution in [2.45, 2.75) is 51.6 Å². The fourth-order valence-electron chi connectivity index (χ4n) is 1.78. The van der Waals surface area contributed by atoms with Crippen LogP contribution in [0.4, 0.5) is 0 Å². The summed E-state index contributed by atoms with van der Waals surface area (Å²) in [5.41, 5.74) is 0. The summed E-state index contributed by atoms with van der Waals surface area (Å²) in [5.74, 6) is 0.169. The van der Waals surface area contributed by atoms with E-state index in [1.165, 1.54) is 25.7 Å². The molecule has 1 fully saturated rings. The van der Waals surface area contributed by atoms with E-state index in [1.807, 2.05) is 0 Å². The lowest BCUT2D eigenvalue weighted by Crippen LogP contribution is -2.26. The minimum absolute atomic E-state index is 0.169. The van der Waals surface area contributed by atoms with Crippen LogP contribution in [0.1, 0.15) is 45.4 Å². The molecule has 76 valence electrons. The Morgan fingerprint density at radius 2 is 2.23 bits per heavy atom. The molecular weight excluding hydrogens is 164 g/mol. The van der Waals surface area contributed by atoms with Crippen molar-refractivity contribution in [2.75, 3.05) is 6.61 Å². The Morgan fingerprint density at radius 1 is 1.38 bits per heavy atom. The Hall–Kier alpha value is -0.370. The van der Waals surface area contributed by atoms with Crippen molar-refractivity contribution in [1.29, 1.82) is 0 Å². The third-order valence-electron chi connectivity index (χ3n) is 2.73. The van der Waals surface area contributed by atoms with E-state index in [0.717, 1.165) is 19.1 Å². The van der Waals surface area contributed by atoms with Gasteiger partial charge in [-0.1, -0.05) is 26.2 Å². The smallest absolute Gasteiger partial charge is 0.125 e. The molecule has 1 heterocycles. The van der Waals surface area contributed by atoms with Crippen molar-refractivity contribution >= 4 is 6.29 Å². The summed E-state index contributed by atoms with van der Waals surface area (Å²) in [6.07, 6.45) is 8.59. The number of aldehydes is 1. The molecule has 1 rings (SSSR count). The molecule has 0 aromatic rings. The van der Waals surface area contributed by atoms with Crippen molar-refractivity contribution < 1.29 is 9.53 Å². The molecule has 1 saturated heterocycles. The van der Waals surface area contributed by atoms with Gasteiger partial charge in [0.2, 0.25) is 0 Å². The van der Waals surface area contributed by atoms with Gasteiger partial charge in [0.05, 0.1) is 12.7 Å². The lowest BCUT2D eigenvalue weighted by molar-refractivity contribution is -0.117. The first kappa shape index (κ1) is 10.7. The molecule has 2 heteroatoms. The number of hydrogen-bond acceptors (Lipinski definition) is 2. The zero-order chi connectivity index (χ0) is 9.52. The normalized spacial score (nSPS) is 28.7. The lowest BCUT2D eigenvalue weighted by Gasteiger charge is -2.26. The third-order valence-corrected chi connectivity index (χ3v) is 2.73. The fourth-order valence-corrected chi connectivity index (χ4v) is 1.78. The molecule has 0 saturated carbocycles. The van der Waals surface area contributed by atoms with Gasteiger partial charge in [-0.3, -0.25) is 0 Å². The highest BCUT2D eigenvalue weighted by Gasteiger charge is 2.20. The van der Waals surface area contributed by atoms with Crippen LogP contribution < -0.4 is 0 Å². The number of ether oxygens (including phenoxy) is 1. The zero-order valence-corrected chi connectivity index (χ0v) is 8.50. The molecule has 13 heavy (non-hydrogen) atoms. The summed E-state index contributed by atoms with van der Waals surface area (Å²) in [7, 11) is 0. The molecule has 0 aromatic carbocycles. The van der Waals surface area contributed by atoms with Gasteiger partial charge in [-0.25, -0.2) is 0 Å². The first-order chi connectivity index (χ1) is 6.36. The van der Waals surface area contributed by atoms with E-state index in [0.29, 0.717) is 12.7 Å². The van der Waals surface area contributed by atoms with Gasteiger partial charge >= 0.3 is 0 Å². The SMILES string of the molecule is CCCCCC1CCC(C=O)CO1. The zero-order valence-electron chi connectivity index (χ0n) is 8.50. The molecule has 0 aliphatic carbocycles. The second kappa shape index (κ2) is 6.14. The Kier molecular flexibility index (Phi) is 5.06. The van der Waals surface area contributed by atoms with Crippen molar-refractivity contribution in [3.8, 4) is 0 Å². The second-order valence-corrected chi connectivity index (χ2v) is 3.92. The van der Waals surface area contributed by atoms with E-state index in [4.69, 9.17) is 4.74 Å². The van der Waals surface area contributed by atoms with Crippen LogP contribution in [0.5, 0.6) is 0 Å². The minimum Gasteiger partial charge on any atom is -0.377 e. The lowest BCUT2D eigenvalue weighted by atomic mass is 9.97. The van der Waals surface area contributed by atoms with E-state index in [2.05, 4.69) is 6.92 Å². The first-order valence-corrected chi connectivity index (χ1v) is 5.43. The van der Waals surface area contributed by atoms with Crippen molar-refractivity contribution in [3.63, 3.8) is 0 Å². The predicted molar refractivity (Wildman–Crippen MR) is 52.7 cm³/mol. The quantitative estimate of drug-likeness (QED) is 0.485. The van der Waals surface area contributed by atoms with Crippen LogP contribution in [-0.2, 0) is 9.53 Å². The van der Waals surface area contributed by atoms with Gasteiger partial charge in [0, 0.05) is 5.92 Å². The van der Waals surface area contributed by atoms with Crippen molar-refractivity contribution in [3.05, 3.63) is 0 Å². The summed E-state index contributed by atoms with van der Waals surface area (Å²) in [5, 5.41) is 0. The maximum absolute atomic E-state index is 10.4. The van der Waals surface area contributed by atoms with Crippen LogP contribution in [0, 0.1) is 5.92 Å². The van der Waals surface area contributed by atoms with Gasteiger partial charge in [0.25, 0.3) is 0 Å². The van der Waals surface area contributed by atoms with E-state index >= 15 is 0 Å². The number of carbonyl (C=O) groups is 1. The fraction of sp³-hybridized carbons (Fsp3) is 0.909. The molecule has 2 unspecified atom stereocenters. The summed E-state index contributed by atoms with van der Waals surface area (Å²) in [6, 6.07) is 0. The molecule has 0 radical (unpaired) electrons. The van der Waals surface area contributed by atoms with Crippen molar-refractivity contribution in [1.82, 2.24) is 0 Å². The Bertz CT molecular complexity index is 137. The van der Waals surface area contributed by atoms with Crippen LogP contribution in [-0.4, -0.2) is 19.0 Å². The van der Waals surface area contributed by atoms with Gasteiger partial charge in [-0.05, 0) is 19.3 Å². The second-order valence-electron chi connectivity index (χ2n) is 3.92. The Labute approximate surface area is 80.7 Å². The van der Waals surface area contributed by atoms with Crippen LogP contribution >= 0.6 is 0 Å². The average molecular weight is 184 g/mol. The van der Waals surface area contributed by atoms with E-state index < -0.39 is 0 Å². The van der Waals surface area contributed by atoms with Crippen molar-refractivity contribution in [2.24, 2.45) is 5.92 Å². The highest BCUT2D eigenvalue weighted by atomic mass is 16.5. The molecule has 0 bridgehead atoms. The summed E-state index contributed by atoms with van der Waals surface area (Å²) >= 11 is 0. The molecule has 0 spiro atoms. The predicted octanol–water partition coefficient (Wildman–Crippen LogP) is 2.56. The molecule has 0 amide bonds. The van der Waals surface area contributed by atoms with Crippen LogP contribution in [0.2, 0.25) is 0 Å². The molecule has 2 nitrogen and oxygen atoms in total. The number of carbonyl (C=O) groups excluding carboxylic acids is 1. The minimum atomic E-state index is 0.169. The van der Waals surface area contributed by atoms with E-state index in [1.54, 1.807) is 0 Å². The third kappa shape index (κ3) is 3.90.